The first-order chi connectivity index (χ1) is 14.0. The number of hydrogen-bond donors (Lipinski definition) is 0. The minimum absolute atomic E-state index is 0.0437. The van der Waals surface area contributed by atoms with Crippen molar-refractivity contribution in [3.8, 4) is 0 Å². The molecule has 2 aromatic rings. The standard InChI is InChI=1S/C21H26FN5O2/c1-25(2)19(15-4-3-5-16(22)12-15)21(28)27-7-6-17-18(13-27)23-14-24-20(17)26-8-10-29-11-9-26/h3-5,12,14,19H,6-11,13H2,1-2H3. The molecule has 1 atom stereocenters. The van der Waals surface area contributed by atoms with Gasteiger partial charge in [-0.3, -0.25) is 9.69 Å². The third-order valence-corrected chi connectivity index (χ3v) is 5.52. The summed E-state index contributed by atoms with van der Waals surface area (Å²) in [6, 6.07) is 5.72. The number of likely N-dealkylation sites (N-methyl/N-ethyl adjacent to an activating group) is 1. The van der Waals surface area contributed by atoms with Crippen LogP contribution in [0.3, 0.4) is 0 Å². The van der Waals surface area contributed by atoms with Crippen molar-refractivity contribution < 1.29 is 13.9 Å². The highest BCUT2D eigenvalue weighted by molar-refractivity contribution is 5.83. The minimum Gasteiger partial charge on any atom is -0.378 e. The fourth-order valence-corrected chi connectivity index (χ4v) is 4.08. The molecule has 29 heavy (non-hydrogen) atoms. The van der Waals surface area contributed by atoms with Crippen molar-refractivity contribution in [2.24, 2.45) is 0 Å². The van der Waals surface area contributed by atoms with E-state index >= 15 is 0 Å². The Morgan fingerprint density at radius 1 is 1.21 bits per heavy atom. The highest BCUT2D eigenvalue weighted by atomic mass is 19.1. The molecule has 0 saturated carbocycles. The SMILES string of the molecule is CN(C)C(C(=O)N1CCc2c(ncnc2N2CCOCC2)C1)c1cccc(F)c1. The Labute approximate surface area is 170 Å². The smallest absolute Gasteiger partial charge is 0.244 e. The van der Waals surface area contributed by atoms with Crippen LogP contribution in [-0.2, 0) is 22.5 Å². The van der Waals surface area contributed by atoms with E-state index in [0.717, 1.165) is 30.2 Å². The minimum atomic E-state index is -0.534. The fraction of sp³-hybridized carbons (Fsp3) is 0.476. The van der Waals surface area contributed by atoms with Gasteiger partial charge >= 0.3 is 0 Å². The van der Waals surface area contributed by atoms with Gasteiger partial charge < -0.3 is 14.5 Å². The van der Waals surface area contributed by atoms with E-state index in [1.165, 1.54) is 12.1 Å². The zero-order valence-electron chi connectivity index (χ0n) is 16.8. The molecule has 1 fully saturated rings. The van der Waals surface area contributed by atoms with Crippen molar-refractivity contribution in [3.63, 3.8) is 0 Å². The normalized spacial score (nSPS) is 17.9. The summed E-state index contributed by atoms with van der Waals surface area (Å²) in [5, 5.41) is 0. The molecule has 1 unspecified atom stereocenters. The monoisotopic (exact) mass is 399 g/mol. The fourth-order valence-electron chi connectivity index (χ4n) is 4.08. The number of anilines is 1. The first kappa shape index (κ1) is 19.7. The maximum Gasteiger partial charge on any atom is 0.244 e. The summed E-state index contributed by atoms with van der Waals surface area (Å²) < 4.78 is 19.2. The molecule has 1 amide bonds. The van der Waals surface area contributed by atoms with Gasteiger partial charge in [0, 0.05) is 25.2 Å². The second kappa shape index (κ2) is 8.42. The topological polar surface area (TPSA) is 61.8 Å². The Bertz CT molecular complexity index is 885. The highest BCUT2D eigenvalue weighted by Crippen LogP contribution is 2.29. The third kappa shape index (κ3) is 4.09. The molecule has 2 aliphatic rings. The summed E-state index contributed by atoms with van der Waals surface area (Å²) in [4.78, 5) is 28.2. The van der Waals surface area contributed by atoms with Crippen LogP contribution in [0.5, 0.6) is 0 Å². The molecule has 0 radical (unpaired) electrons. The van der Waals surface area contributed by atoms with Crippen molar-refractivity contribution in [2.45, 2.75) is 19.0 Å². The number of halogens is 1. The van der Waals surface area contributed by atoms with Crippen molar-refractivity contribution in [2.75, 3.05) is 51.8 Å². The molecule has 0 spiro atoms. The maximum atomic E-state index is 13.7. The molecule has 8 heteroatoms. The quantitative estimate of drug-likeness (QED) is 0.779. The number of benzene rings is 1. The molecule has 154 valence electrons. The number of morpholine rings is 1. The average molecular weight is 399 g/mol. The number of fused-ring (bicyclic) bond motifs is 1. The molecule has 1 aromatic carbocycles. The average Bonchev–Trinajstić information content (AvgIpc) is 2.73. The van der Waals surface area contributed by atoms with Crippen LogP contribution < -0.4 is 4.90 Å². The van der Waals surface area contributed by atoms with E-state index in [-0.39, 0.29) is 11.7 Å². The lowest BCUT2D eigenvalue weighted by Crippen LogP contribution is -2.44. The lowest BCUT2D eigenvalue weighted by atomic mass is 10.0. The summed E-state index contributed by atoms with van der Waals surface area (Å²) in [6.45, 7) is 4.05. The third-order valence-electron chi connectivity index (χ3n) is 5.52. The number of rotatable bonds is 4. The van der Waals surface area contributed by atoms with E-state index in [1.807, 2.05) is 23.9 Å². The van der Waals surface area contributed by atoms with Crippen molar-refractivity contribution in [1.29, 1.82) is 0 Å². The largest absolute Gasteiger partial charge is 0.378 e. The van der Waals surface area contributed by atoms with Crippen LogP contribution in [0.4, 0.5) is 10.2 Å². The number of hydrogen-bond acceptors (Lipinski definition) is 6. The Morgan fingerprint density at radius 2 is 2.00 bits per heavy atom. The van der Waals surface area contributed by atoms with Crippen molar-refractivity contribution >= 4 is 11.7 Å². The highest BCUT2D eigenvalue weighted by Gasteiger charge is 2.32. The maximum absolute atomic E-state index is 13.7. The van der Waals surface area contributed by atoms with Crippen LogP contribution in [-0.4, -0.2) is 72.6 Å². The van der Waals surface area contributed by atoms with Gasteiger partial charge in [0.15, 0.2) is 0 Å². The van der Waals surface area contributed by atoms with Gasteiger partial charge in [-0.1, -0.05) is 12.1 Å². The molecule has 4 rings (SSSR count). The van der Waals surface area contributed by atoms with Crippen LogP contribution in [0.2, 0.25) is 0 Å². The molecule has 0 bridgehead atoms. The van der Waals surface area contributed by atoms with Crippen LogP contribution in [0.1, 0.15) is 22.9 Å². The van der Waals surface area contributed by atoms with Crippen LogP contribution in [0.25, 0.3) is 0 Å². The Hall–Kier alpha value is -2.58. The molecule has 1 saturated heterocycles. The lowest BCUT2D eigenvalue weighted by molar-refractivity contribution is -0.137. The Morgan fingerprint density at radius 3 is 2.72 bits per heavy atom. The van der Waals surface area contributed by atoms with E-state index < -0.39 is 6.04 Å². The molecular weight excluding hydrogens is 373 g/mol. The predicted octanol–water partition coefficient (Wildman–Crippen LogP) is 1.64. The zero-order chi connectivity index (χ0) is 20.4. The first-order valence-electron chi connectivity index (χ1n) is 9.90. The molecular formula is C21H26FN5O2. The molecule has 1 aromatic heterocycles. The van der Waals surface area contributed by atoms with E-state index in [4.69, 9.17) is 4.74 Å². The van der Waals surface area contributed by atoms with E-state index in [0.29, 0.717) is 38.3 Å². The van der Waals surface area contributed by atoms with Crippen molar-refractivity contribution in [1.82, 2.24) is 19.8 Å². The summed E-state index contributed by atoms with van der Waals surface area (Å²) >= 11 is 0. The van der Waals surface area contributed by atoms with Gasteiger partial charge in [0.25, 0.3) is 0 Å². The number of amides is 1. The number of carbonyl (C=O) groups excluding carboxylic acids is 1. The van der Waals surface area contributed by atoms with Gasteiger partial charge in [-0.15, -0.1) is 0 Å². The Balaban J connectivity index is 1.56. The van der Waals surface area contributed by atoms with E-state index in [2.05, 4.69) is 14.9 Å². The van der Waals surface area contributed by atoms with Crippen LogP contribution in [0.15, 0.2) is 30.6 Å². The summed E-state index contributed by atoms with van der Waals surface area (Å²) in [7, 11) is 3.67. The second-order valence-electron chi connectivity index (χ2n) is 7.65. The second-order valence-corrected chi connectivity index (χ2v) is 7.65. The molecule has 7 nitrogen and oxygen atoms in total. The molecule has 3 heterocycles. The van der Waals surface area contributed by atoms with Gasteiger partial charge in [0.05, 0.1) is 25.5 Å². The molecule has 2 aliphatic heterocycles. The van der Waals surface area contributed by atoms with Crippen LogP contribution in [0, 0.1) is 5.82 Å². The lowest BCUT2D eigenvalue weighted by Gasteiger charge is -2.36. The number of ether oxygens (including phenoxy) is 1. The van der Waals surface area contributed by atoms with Crippen LogP contribution >= 0.6 is 0 Å². The van der Waals surface area contributed by atoms with Gasteiger partial charge in [0.2, 0.25) is 5.91 Å². The molecule has 0 N–H and O–H groups in total. The van der Waals surface area contributed by atoms with Gasteiger partial charge in [-0.25, -0.2) is 14.4 Å². The van der Waals surface area contributed by atoms with Gasteiger partial charge in [0.1, 0.15) is 24.0 Å². The number of aromatic nitrogens is 2. The van der Waals surface area contributed by atoms with E-state index in [9.17, 15) is 9.18 Å². The summed E-state index contributed by atoms with van der Waals surface area (Å²) in [5.74, 6) is 0.575. The predicted molar refractivity (Wildman–Crippen MR) is 107 cm³/mol. The first-order valence-corrected chi connectivity index (χ1v) is 9.90. The van der Waals surface area contributed by atoms with Gasteiger partial charge in [-0.2, -0.15) is 0 Å². The Kier molecular flexibility index (Phi) is 5.73. The zero-order valence-corrected chi connectivity index (χ0v) is 16.8. The summed E-state index contributed by atoms with van der Waals surface area (Å²) in [6.07, 6.45) is 2.28. The van der Waals surface area contributed by atoms with E-state index in [1.54, 1.807) is 18.5 Å². The van der Waals surface area contributed by atoms with Crippen molar-refractivity contribution in [3.05, 3.63) is 53.2 Å². The number of nitrogens with zero attached hydrogens (tertiary/aromatic N) is 5. The molecule has 0 aliphatic carbocycles. The van der Waals surface area contributed by atoms with Gasteiger partial charge in [-0.05, 0) is 38.2 Å². The summed E-state index contributed by atoms with van der Waals surface area (Å²) in [5.41, 5.74) is 2.66. The number of carbonyl (C=O) groups is 1.